The van der Waals surface area contributed by atoms with Gasteiger partial charge in [-0.25, -0.2) is 4.79 Å². The first kappa shape index (κ1) is 14.6. The van der Waals surface area contributed by atoms with Gasteiger partial charge in [0.2, 0.25) is 0 Å². The number of likely N-dealkylation sites (tertiary alicyclic amines) is 1. The second-order valence-electron chi connectivity index (χ2n) is 4.97. The molecule has 0 spiro atoms. The molecule has 1 aliphatic heterocycles. The average molecular weight is 373 g/mol. The van der Waals surface area contributed by atoms with Crippen LogP contribution in [0.2, 0.25) is 0 Å². The lowest BCUT2D eigenvalue weighted by molar-refractivity contribution is 0.0788. The lowest BCUT2D eigenvalue weighted by Gasteiger charge is -2.31. The molecule has 1 aromatic carbocycles. The van der Waals surface area contributed by atoms with Crippen LogP contribution in [-0.4, -0.2) is 28.5 Å². The van der Waals surface area contributed by atoms with E-state index >= 15 is 0 Å². The molecule has 0 saturated carbocycles. The molecular formula is C15H20INO2. The number of hydrogen-bond acceptors (Lipinski definition) is 2. The number of halogens is 1. The van der Waals surface area contributed by atoms with Gasteiger partial charge in [-0.3, -0.25) is 0 Å². The Hall–Kier alpha value is -0.780. The highest BCUT2D eigenvalue weighted by atomic mass is 127. The first-order chi connectivity index (χ1) is 9.29. The van der Waals surface area contributed by atoms with Crippen LogP contribution in [0.1, 0.15) is 24.8 Å². The molecule has 1 fully saturated rings. The second-order valence-corrected chi connectivity index (χ2v) is 6.05. The molecule has 1 unspecified atom stereocenters. The minimum absolute atomic E-state index is 0.165. The topological polar surface area (TPSA) is 29.5 Å². The minimum Gasteiger partial charge on any atom is -0.445 e. The quantitative estimate of drug-likeness (QED) is 0.593. The highest BCUT2D eigenvalue weighted by Gasteiger charge is 2.24. The molecule has 3 nitrogen and oxygen atoms in total. The van der Waals surface area contributed by atoms with Crippen LogP contribution in [0, 0.1) is 5.92 Å². The first-order valence-electron chi connectivity index (χ1n) is 6.81. The van der Waals surface area contributed by atoms with Crippen molar-refractivity contribution < 1.29 is 9.53 Å². The van der Waals surface area contributed by atoms with Crippen molar-refractivity contribution in [1.29, 1.82) is 0 Å². The van der Waals surface area contributed by atoms with E-state index in [1.54, 1.807) is 0 Å². The number of carbonyl (C=O) groups is 1. The van der Waals surface area contributed by atoms with Gasteiger partial charge < -0.3 is 9.64 Å². The predicted octanol–water partition coefficient (Wildman–Crippen LogP) is 3.86. The number of nitrogens with zero attached hydrogens (tertiary/aromatic N) is 1. The molecular weight excluding hydrogens is 353 g/mol. The largest absolute Gasteiger partial charge is 0.445 e. The van der Waals surface area contributed by atoms with Crippen LogP contribution >= 0.6 is 22.6 Å². The van der Waals surface area contributed by atoms with Crippen molar-refractivity contribution in [3.05, 3.63) is 35.9 Å². The van der Waals surface area contributed by atoms with E-state index in [9.17, 15) is 4.79 Å². The maximum Gasteiger partial charge on any atom is 0.410 e. The Bertz CT molecular complexity index is 394. The summed E-state index contributed by atoms with van der Waals surface area (Å²) in [6.07, 6.45) is 3.37. The summed E-state index contributed by atoms with van der Waals surface area (Å²) in [5.41, 5.74) is 1.04. The van der Waals surface area contributed by atoms with E-state index in [1.165, 1.54) is 12.8 Å². The zero-order valence-corrected chi connectivity index (χ0v) is 13.2. The van der Waals surface area contributed by atoms with E-state index in [0.29, 0.717) is 12.5 Å². The van der Waals surface area contributed by atoms with Gasteiger partial charge in [-0.15, -0.1) is 0 Å². The van der Waals surface area contributed by atoms with E-state index in [2.05, 4.69) is 22.6 Å². The summed E-state index contributed by atoms with van der Waals surface area (Å²) in [7, 11) is 0. The molecule has 1 heterocycles. The monoisotopic (exact) mass is 373 g/mol. The second kappa shape index (κ2) is 7.72. The van der Waals surface area contributed by atoms with Gasteiger partial charge in [-0.05, 0) is 35.2 Å². The van der Waals surface area contributed by atoms with Crippen LogP contribution in [0.5, 0.6) is 0 Å². The number of ether oxygens (including phenoxy) is 1. The van der Waals surface area contributed by atoms with Crippen molar-refractivity contribution in [1.82, 2.24) is 4.90 Å². The molecule has 4 heteroatoms. The summed E-state index contributed by atoms with van der Waals surface area (Å²) in [5.74, 6) is 0.648. The Labute approximate surface area is 128 Å². The summed E-state index contributed by atoms with van der Waals surface area (Å²) in [6, 6.07) is 9.83. The highest BCUT2D eigenvalue weighted by Crippen LogP contribution is 2.21. The van der Waals surface area contributed by atoms with Crippen LogP contribution in [0.4, 0.5) is 4.79 Å². The van der Waals surface area contributed by atoms with Gasteiger partial charge in [0.1, 0.15) is 6.61 Å². The molecule has 0 N–H and O–H groups in total. The fraction of sp³-hybridized carbons (Fsp3) is 0.533. The van der Waals surface area contributed by atoms with Gasteiger partial charge in [0.15, 0.2) is 0 Å². The molecule has 1 amide bonds. The third kappa shape index (κ3) is 4.67. The summed E-state index contributed by atoms with van der Waals surface area (Å²) >= 11 is 2.40. The van der Waals surface area contributed by atoms with Gasteiger partial charge in [0, 0.05) is 13.1 Å². The van der Waals surface area contributed by atoms with Gasteiger partial charge in [0.25, 0.3) is 0 Å². The summed E-state index contributed by atoms with van der Waals surface area (Å²) in [6.45, 7) is 2.06. The molecule has 104 valence electrons. The fourth-order valence-electron chi connectivity index (χ4n) is 2.43. The Morgan fingerprint density at radius 3 is 2.89 bits per heavy atom. The normalized spacial score (nSPS) is 19.2. The van der Waals surface area contributed by atoms with Crippen molar-refractivity contribution in [2.45, 2.75) is 25.9 Å². The zero-order valence-electron chi connectivity index (χ0n) is 11.1. The van der Waals surface area contributed by atoms with Crippen LogP contribution in [0.3, 0.4) is 0 Å². The molecule has 2 rings (SSSR count). The van der Waals surface area contributed by atoms with E-state index in [4.69, 9.17) is 4.74 Å². The van der Waals surface area contributed by atoms with Crippen LogP contribution in [0.15, 0.2) is 30.3 Å². The molecule has 1 atom stereocenters. The Morgan fingerprint density at radius 2 is 2.16 bits per heavy atom. The zero-order chi connectivity index (χ0) is 13.5. The third-order valence-electron chi connectivity index (χ3n) is 3.50. The summed E-state index contributed by atoms with van der Waals surface area (Å²) in [4.78, 5) is 13.9. The van der Waals surface area contributed by atoms with E-state index in [0.717, 1.165) is 29.5 Å². The van der Waals surface area contributed by atoms with Gasteiger partial charge in [0.05, 0.1) is 0 Å². The van der Waals surface area contributed by atoms with Gasteiger partial charge in [-0.2, -0.15) is 0 Å². The molecule has 0 aromatic heterocycles. The van der Waals surface area contributed by atoms with E-state index in [-0.39, 0.29) is 6.09 Å². The number of rotatable bonds is 4. The lowest BCUT2D eigenvalue weighted by atomic mass is 9.96. The van der Waals surface area contributed by atoms with Crippen LogP contribution < -0.4 is 0 Å². The standard InChI is InChI=1S/C15H20INO2/c16-9-8-13-7-4-10-17(11-13)15(18)19-12-14-5-2-1-3-6-14/h1-3,5-6,13H,4,7-12H2. The van der Waals surface area contributed by atoms with Gasteiger partial charge >= 0.3 is 6.09 Å². The van der Waals surface area contributed by atoms with E-state index in [1.807, 2.05) is 35.2 Å². The number of piperidine rings is 1. The molecule has 1 aliphatic rings. The van der Waals surface area contributed by atoms with Crippen LogP contribution in [0.25, 0.3) is 0 Å². The maximum absolute atomic E-state index is 12.0. The smallest absolute Gasteiger partial charge is 0.410 e. The molecule has 1 saturated heterocycles. The molecule has 0 radical (unpaired) electrons. The molecule has 0 aliphatic carbocycles. The SMILES string of the molecule is O=C(OCc1ccccc1)N1CCCC(CCI)C1. The van der Waals surface area contributed by atoms with Crippen molar-refractivity contribution >= 4 is 28.7 Å². The predicted molar refractivity (Wildman–Crippen MR) is 84.4 cm³/mol. The number of alkyl halides is 1. The third-order valence-corrected chi connectivity index (χ3v) is 4.12. The Balaban J connectivity index is 1.79. The maximum atomic E-state index is 12.0. The lowest BCUT2D eigenvalue weighted by Crippen LogP contribution is -2.40. The van der Waals surface area contributed by atoms with Crippen molar-refractivity contribution in [3.8, 4) is 0 Å². The number of carbonyl (C=O) groups excluding carboxylic acids is 1. The number of hydrogen-bond donors (Lipinski definition) is 0. The highest BCUT2D eigenvalue weighted by molar-refractivity contribution is 14.1. The Kier molecular flexibility index (Phi) is 5.94. The van der Waals surface area contributed by atoms with Gasteiger partial charge in [-0.1, -0.05) is 52.9 Å². The average Bonchev–Trinajstić information content (AvgIpc) is 2.46. The van der Waals surface area contributed by atoms with Crippen molar-refractivity contribution in [3.63, 3.8) is 0 Å². The fourth-order valence-corrected chi connectivity index (χ4v) is 3.31. The molecule has 1 aromatic rings. The summed E-state index contributed by atoms with van der Waals surface area (Å²) < 4.78 is 6.54. The minimum atomic E-state index is -0.165. The van der Waals surface area contributed by atoms with Crippen LogP contribution in [-0.2, 0) is 11.3 Å². The first-order valence-corrected chi connectivity index (χ1v) is 8.33. The van der Waals surface area contributed by atoms with Crippen molar-refractivity contribution in [2.24, 2.45) is 5.92 Å². The molecule has 0 bridgehead atoms. The van der Waals surface area contributed by atoms with E-state index < -0.39 is 0 Å². The summed E-state index contributed by atoms with van der Waals surface area (Å²) in [5, 5.41) is 0. The number of benzene rings is 1. The van der Waals surface area contributed by atoms with Crippen molar-refractivity contribution in [2.75, 3.05) is 17.5 Å². The Morgan fingerprint density at radius 1 is 1.37 bits per heavy atom. The molecule has 19 heavy (non-hydrogen) atoms. The number of amides is 1.